The molecule has 0 aliphatic rings. The molecular formula is C15H23NO. The molecule has 0 fully saturated rings. The van der Waals surface area contributed by atoms with Gasteiger partial charge in [-0.2, -0.15) is 0 Å². The van der Waals surface area contributed by atoms with Gasteiger partial charge in [0.25, 0.3) is 0 Å². The summed E-state index contributed by atoms with van der Waals surface area (Å²) in [6, 6.07) is 8.30. The maximum atomic E-state index is 12.1. The third kappa shape index (κ3) is 3.88. The van der Waals surface area contributed by atoms with Crippen LogP contribution in [-0.2, 0) is 4.79 Å². The molecule has 0 bridgehead atoms. The summed E-state index contributed by atoms with van der Waals surface area (Å²) in [6.45, 7) is 11.4. The number of ketones is 1. The van der Waals surface area contributed by atoms with Crippen molar-refractivity contribution in [3.63, 3.8) is 0 Å². The van der Waals surface area contributed by atoms with E-state index < -0.39 is 0 Å². The zero-order valence-corrected chi connectivity index (χ0v) is 11.6. The highest BCUT2D eigenvalue weighted by Crippen LogP contribution is 2.19. The van der Waals surface area contributed by atoms with Crippen molar-refractivity contribution in [2.45, 2.75) is 34.6 Å². The minimum absolute atomic E-state index is 0.267. The molecule has 0 amide bonds. The molecule has 1 aromatic rings. The molecule has 2 heteroatoms. The van der Waals surface area contributed by atoms with Crippen molar-refractivity contribution >= 4 is 11.5 Å². The van der Waals surface area contributed by atoms with E-state index in [0.29, 0.717) is 6.54 Å². The first-order valence-corrected chi connectivity index (χ1v) is 6.19. The third-order valence-corrected chi connectivity index (χ3v) is 2.92. The zero-order valence-electron chi connectivity index (χ0n) is 11.6. The normalized spacial score (nSPS) is 11.4. The Hall–Kier alpha value is -1.31. The summed E-state index contributed by atoms with van der Waals surface area (Å²) >= 11 is 0. The monoisotopic (exact) mass is 233 g/mol. The second-order valence-electron chi connectivity index (χ2n) is 5.53. The summed E-state index contributed by atoms with van der Waals surface area (Å²) in [5.41, 5.74) is 2.09. The molecule has 0 unspecified atom stereocenters. The Balaban J connectivity index is 2.83. The van der Waals surface area contributed by atoms with Gasteiger partial charge < -0.3 is 4.90 Å². The summed E-state index contributed by atoms with van der Waals surface area (Å²) in [5.74, 6) is 0.279. The Morgan fingerprint density at radius 2 is 1.94 bits per heavy atom. The van der Waals surface area contributed by atoms with Crippen molar-refractivity contribution in [3.05, 3.63) is 29.8 Å². The van der Waals surface area contributed by atoms with Crippen LogP contribution in [0.25, 0.3) is 0 Å². The Labute approximate surface area is 105 Å². The van der Waals surface area contributed by atoms with Crippen molar-refractivity contribution in [1.82, 2.24) is 0 Å². The van der Waals surface area contributed by atoms with Gasteiger partial charge in [0.2, 0.25) is 0 Å². The maximum Gasteiger partial charge on any atom is 0.157 e. The molecule has 0 N–H and O–H groups in total. The smallest absolute Gasteiger partial charge is 0.157 e. The van der Waals surface area contributed by atoms with Gasteiger partial charge in [-0.3, -0.25) is 4.79 Å². The fourth-order valence-electron chi connectivity index (χ4n) is 1.62. The van der Waals surface area contributed by atoms with E-state index in [9.17, 15) is 4.79 Å². The van der Waals surface area contributed by atoms with Crippen LogP contribution in [0, 0.1) is 12.3 Å². The van der Waals surface area contributed by atoms with E-state index in [1.54, 1.807) is 0 Å². The first kappa shape index (κ1) is 13.8. The van der Waals surface area contributed by atoms with Gasteiger partial charge in [0.05, 0.1) is 6.54 Å². The molecule has 2 nitrogen and oxygen atoms in total. The molecule has 0 radical (unpaired) electrons. The van der Waals surface area contributed by atoms with E-state index in [4.69, 9.17) is 0 Å². The topological polar surface area (TPSA) is 20.3 Å². The predicted molar refractivity (Wildman–Crippen MR) is 73.5 cm³/mol. The number of carbonyl (C=O) groups is 1. The molecule has 0 saturated carbocycles. The number of hydrogen-bond acceptors (Lipinski definition) is 2. The lowest BCUT2D eigenvalue weighted by Crippen LogP contribution is -2.35. The van der Waals surface area contributed by atoms with Gasteiger partial charge in [0.15, 0.2) is 5.78 Å². The van der Waals surface area contributed by atoms with Crippen LogP contribution in [0.4, 0.5) is 5.69 Å². The van der Waals surface area contributed by atoms with E-state index in [1.165, 1.54) is 5.56 Å². The van der Waals surface area contributed by atoms with Crippen LogP contribution in [0.15, 0.2) is 24.3 Å². The Bertz CT molecular complexity index is 390. The minimum Gasteiger partial charge on any atom is -0.364 e. The van der Waals surface area contributed by atoms with E-state index in [0.717, 1.165) is 12.2 Å². The number of rotatable bonds is 4. The fraction of sp³-hybridized carbons (Fsp3) is 0.533. The number of nitrogens with zero attached hydrogens (tertiary/aromatic N) is 1. The van der Waals surface area contributed by atoms with Crippen molar-refractivity contribution in [2.75, 3.05) is 18.0 Å². The highest BCUT2D eigenvalue weighted by Gasteiger charge is 2.23. The molecule has 0 aliphatic heterocycles. The van der Waals surface area contributed by atoms with Crippen LogP contribution < -0.4 is 4.90 Å². The third-order valence-electron chi connectivity index (χ3n) is 2.92. The summed E-state index contributed by atoms with van der Waals surface area (Å²) in [4.78, 5) is 14.2. The number of hydrogen-bond donors (Lipinski definition) is 0. The number of anilines is 1. The molecule has 0 heterocycles. The number of benzene rings is 1. The van der Waals surface area contributed by atoms with Gasteiger partial charge in [-0.05, 0) is 31.5 Å². The van der Waals surface area contributed by atoms with Crippen LogP contribution in [0.1, 0.15) is 33.3 Å². The van der Waals surface area contributed by atoms with Crippen LogP contribution in [0.3, 0.4) is 0 Å². The predicted octanol–water partition coefficient (Wildman–Crippen LogP) is 3.44. The quantitative estimate of drug-likeness (QED) is 0.794. The van der Waals surface area contributed by atoms with E-state index in [2.05, 4.69) is 36.9 Å². The molecule has 0 atom stereocenters. The molecule has 0 aliphatic carbocycles. The van der Waals surface area contributed by atoms with Crippen LogP contribution in [-0.4, -0.2) is 18.9 Å². The largest absolute Gasteiger partial charge is 0.364 e. The molecule has 0 spiro atoms. The molecular weight excluding hydrogens is 210 g/mol. The number of aryl methyl sites for hydroxylation is 1. The minimum atomic E-state index is -0.267. The second kappa shape index (κ2) is 5.35. The average molecular weight is 233 g/mol. The molecule has 17 heavy (non-hydrogen) atoms. The van der Waals surface area contributed by atoms with Crippen molar-refractivity contribution in [2.24, 2.45) is 5.41 Å². The van der Waals surface area contributed by atoms with Crippen LogP contribution >= 0.6 is 0 Å². The molecule has 94 valence electrons. The highest BCUT2D eigenvalue weighted by atomic mass is 16.1. The fourth-order valence-corrected chi connectivity index (χ4v) is 1.62. The van der Waals surface area contributed by atoms with Crippen LogP contribution in [0.2, 0.25) is 0 Å². The summed E-state index contributed by atoms with van der Waals surface area (Å²) < 4.78 is 0. The Morgan fingerprint density at radius 1 is 1.29 bits per heavy atom. The zero-order chi connectivity index (χ0) is 13.1. The first-order chi connectivity index (χ1) is 7.84. The van der Waals surface area contributed by atoms with E-state index in [-0.39, 0.29) is 11.2 Å². The van der Waals surface area contributed by atoms with E-state index in [1.807, 2.05) is 26.8 Å². The lowest BCUT2D eigenvalue weighted by atomic mass is 9.90. The molecule has 0 saturated heterocycles. The Kier molecular flexibility index (Phi) is 4.33. The molecule has 1 rings (SSSR count). The Morgan fingerprint density at radius 3 is 2.41 bits per heavy atom. The summed E-state index contributed by atoms with van der Waals surface area (Å²) in [5, 5.41) is 0. The molecule has 1 aromatic carbocycles. The average Bonchev–Trinajstić information content (AvgIpc) is 2.24. The van der Waals surface area contributed by atoms with Gasteiger partial charge >= 0.3 is 0 Å². The van der Waals surface area contributed by atoms with Gasteiger partial charge in [0, 0.05) is 17.6 Å². The number of likely N-dealkylation sites (N-methyl/N-ethyl adjacent to an activating group) is 1. The first-order valence-electron chi connectivity index (χ1n) is 6.19. The second-order valence-corrected chi connectivity index (χ2v) is 5.53. The number of Topliss-reactive ketones (excluding diaryl/α,β-unsaturated/α-hetero) is 1. The van der Waals surface area contributed by atoms with E-state index >= 15 is 0 Å². The van der Waals surface area contributed by atoms with Gasteiger partial charge in [-0.25, -0.2) is 0 Å². The van der Waals surface area contributed by atoms with Crippen molar-refractivity contribution < 1.29 is 4.79 Å². The highest BCUT2D eigenvalue weighted by molar-refractivity contribution is 5.88. The number of carbonyl (C=O) groups excluding carboxylic acids is 1. The van der Waals surface area contributed by atoms with Crippen molar-refractivity contribution in [3.8, 4) is 0 Å². The van der Waals surface area contributed by atoms with Gasteiger partial charge in [-0.1, -0.05) is 32.9 Å². The summed E-state index contributed by atoms with van der Waals surface area (Å²) in [7, 11) is 0. The van der Waals surface area contributed by atoms with Crippen molar-refractivity contribution in [1.29, 1.82) is 0 Å². The summed E-state index contributed by atoms with van der Waals surface area (Å²) in [6.07, 6.45) is 0. The SMILES string of the molecule is CCN(CC(=O)C(C)(C)C)c1cccc(C)c1. The lowest BCUT2D eigenvalue weighted by molar-refractivity contribution is -0.124. The van der Waals surface area contributed by atoms with Gasteiger partial charge in [0.1, 0.15) is 0 Å². The maximum absolute atomic E-state index is 12.1. The lowest BCUT2D eigenvalue weighted by Gasteiger charge is -2.26. The van der Waals surface area contributed by atoms with Gasteiger partial charge in [-0.15, -0.1) is 0 Å². The molecule has 0 aromatic heterocycles. The van der Waals surface area contributed by atoms with Crippen LogP contribution in [0.5, 0.6) is 0 Å². The standard InChI is InChI=1S/C15H23NO/c1-6-16(11-14(17)15(3,4)5)13-9-7-8-12(2)10-13/h7-10H,6,11H2,1-5H3.